The Morgan fingerprint density at radius 2 is 2.17 bits per heavy atom. The molecule has 0 fully saturated rings. The molecular formula is CH2NO2S2-. The molecule has 2 N–H and O–H groups in total. The standard InChI is InChI=1S/CH3NO2S2/c2-1(5)6(3)4/h(H2,2,5)(H,3,4)/p-1. The van der Waals surface area contributed by atoms with Crippen LogP contribution in [-0.4, -0.2) is 13.1 Å². The highest BCUT2D eigenvalue weighted by Gasteiger charge is 1.77. The van der Waals surface area contributed by atoms with Crippen molar-refractivity contribution in [1.82, 2.24) is 0 Å². The lowest BCUT2D eigenvalue weighted by atomic mass is 11.5. The molecule has 1 atom stereocenters. The molecular weight excluding hydrogens is 122 g/mol. The summed E-state index contributed by atoms with van der Waals surface area (Å²) in [7, 11) is 0. The Kier molecular flexibility index (Phi) is 2.22. The van der Waals surface area contributed by atoms with Gasteiger partial charge in [0.25, 0.3) is 0 Å². The second kappa shape index (κ2) is 2.22. The Bertz CT molecular complexity index is 77.5. The van der Waals surface area contributed by atoms with E-state index < -0.39 is 15.4 Å². The van der Waals surface area contributed by atoms with E-state index in [9.17, 15) is 8.76 Å². The quantitative estimate of drug-likeness (QED) is 0.336. The van der Waals surface area contributed by atoms with Gasteiger partial charge >= 0.3 is 0 Å². The first-order valence-corrected chi connectivity index (χ1v) is 2.51. The monoisotopic (exact) mass is 124 g/mol. The lowest BCUT2D eigenvalue weighted by molar-refractivity contribution is 0.549. The summed E-state index contributed by atoms with van der Waals surface area (Å²) in [4.78, 5) is 0. The number of rotatable bonds is 0. The van der Waals surface area contributed by atoms with Gasteiger partial charge in [0, 0.05) is 11.1 Å². The van der Waals surface area contributed by atoms with Gasteiger partial charge in [0.1, 0.15) is 4.32 Å². The van der Waals surface area contributed by atoms with E-state index in [1.807, 2.05) is 0 Å². The van der Waals surface area contributed by atoms with E-state index in [0.29, 0.717) is 0 Å². The van der Waals surface area contributed by atoms with Crippen LogP contribution in [0.25, 0.3) is 0 Å². The Balaban J connectivity index is 3.57. The fourth-order valence-electron chi connectivity index (χ4n) is 0. The van der Waals surface area contributed by atoms with Crippen LogP contribution in [0.1, 0.15) is 0 Å². The topological polar surface area (TPSA) is 66.2 Å². The summed E-state index contributed by atoms with van der Waals surface area (Å²) in [5.74, 6) is 0. The first-order chi connectivity index (χ1) is 2.64. The largest absolute Gasteiger partial charge is 0.767 e. The minimum atomic E-state index is -2.36. The summed E-state index contributed by atoms with van der Waals surface area (Å²) in [5.41, 5.74) is 4.55. The van der Waals surface area contributed by atoms with Crippen LogP contribution in [0.4, 0.5) is 0 Å². The summed E-state index contributed by atoms with van der Waals surface area (Å²) >= 11 is 1.63. The molecule has 0 aromatic rings. The van der Waals surface area contributed by atoms with Gasteiger partial charge in [0.15, 0.2) is 0 Å². The van der Waals surface area contributed by atoms with Crippen LogP contribution >= 0.6 is 12.2 Å². The zero-order valence-corrected chi connectivity index (χ0v) is 4.34. The molecule has 6 heavy (non-hydrogen) atoms. The van der Waals surface area contributed by atoms with Gasteiger partial charge in [-0.25, -0.2) is 0 Å². The van der Waals surface area contributed by atoms with Gasteiger partial charge in [-0.2, -0.15) is 0 Å². The molecule has 0 aromatic heterocycles. The van der Waals surface area contributed by atoms with Crippen LogP contribution < -0.4 is 5.73 Å². The van der Waals surface area contributed by atoms with Gasteiger partial charge in [-0.1, -0.05) is 12.2 Å². The molecule has 0 rings (SSSR count). The maximum absolute atomic E-state index is 9.43. The fraction of sp³-hybridized carbons (Fsp3) is 0. The number of thiocarbonyl (C=S) groups is 1. The number of nitrogens with two attached hydrogens (primary N) is 1. The van der Waals surface area contributed by atoms with Gasteiger partial charge in [0.05, 0.1) is 0 Å². The average molecular weight is 124 g/mol. The Labute approximate surface area is 42.8 Å². The smallest absolute Gasteiger partial charge is 0.148 e. The molecule has 0 saturated heterocycles. The van der Waals surface area contributed by atoms with Crippen molar-refractivity contribution in [3.63, 3.8) is 0 Å². The van der Waals surface area contributed by atoms with Gasteiger partial charge in [-0.3, -0.25) is 4.21 Å². The molecule has 1 unspecified atom stereocenters. The summed E-state index contributed by atoms with van der Waals surface area (Å²) in [6, 6.07) is 0. The molecule has 0 aliphatic carbocycles. The molecule has 3 nitrogen and oxygen atoms in total. The molecule has 0 aliphatic heterocycles. The summed E-state index contributed by atoms with van der Waals surface area (Å²) in [6.45, 7) is 0. The van der Waals surface area contributed by atoms with Crippen LogP contribution in [0.2, 0.25) is 0 Å². The van der Waals surface area contributed by atoms with E-state index in [2.05, 4.69) is 18.0 Å². The fourth-order valence-corrected chi connectivity index (χ4v) is 0. The Hall–Kier alpha value is -0.0000000000000000486. The molecule has 0 aromatic carbocycles. The third kappa shape index (κ3) is 2.25. The van der Waals surface area contributed by atoms with Crippen molar-refractivity contribution in [2.24, 2.45) is 5.73 Å². The SMILES string of the molecule is NC(=S)S(=O)[O-]. The highest BCUT2D eigenvalue weighted by atomic mass is 32.2. The average Bonchev–Trinajstić information content (AvgIpc) is 1.36. The van der Waals surface area contributed by atoms with Crippen molar-refractivity contribution >= 4 is 27.6 Å². The Morgan fingerprint density at radius 1 is 2.00 bits per heavy atom. The van der Waals surface area contributed by atoms with E-state index in [0.717, 1.165) is 0 Å². The highest BCUT2D eigenvalue weighted by Crippen LogP contribution is 1.67. The van der Waals surface area contributed by atoms with Gasteiger partial charge in [-0.15, -0.1) is 0 Å². The molecule has 0 amide bonds. The molecule has 0 aliphatic rings. The molecule has 0 saturated carbocycles. The van der Waals surface area contributed by atoms with Crippen LogP contribution in [0.3, 0.4) is 0 Å². The minimum Gasteiger partial charge on any atom is -0.767 e. The number of hydrogen-bond donors (Lipinski definition) is 1. The van der Waals surface area contributed by atoms with Crippen molar-refractivity contribution in [1.29, 1.82) is 0 Å². The van der Waals surface area contributed by atoms with Crippen molar-refractivity contribution in [2.75, 3.05) is 0 Å². The molecule has 0 bridgehead atoms. The molecule has 5 heteroatoms. The predicted molar refractivity (Wildman–Crippen MR) is 25.7 cm³/mol. The first kappa shape index (κ1) is 6.00. The van der Waals surface area contributed by atoms with Gasteiger partial charge in [0.2, 0.25) is 0 Å². The summed E-state index contributed by atoms with van der Waals surface area (Å²) in [6.07, 6.45) is 0. The molecule has 0 radical (unpaired) electrons. The first-order valence-electron chi connectivity index (χ1n) is 1.03. The summed E-state index contributed by atoms with van der Waals surface area (Å²) in [5, 5.41) is 0. The number of hydrogen-bond acceptors (Lipinski definition) is 3. The molecule has 0 spiro atoms. The van der Waals surface area contributed by atoms with Crippen molar-refractivity contribution < 1.29 is 8.76 Å². The van der Waals surface area contributed by atoms with E-state index in [4.69, 9.17) is 0 Å². The van der Waals surface area contributed by atoms with E-state index in [-0.39, 0.29) is 0 Å². The zero-order chi connectivity index (χ0) is 5.15. The van der Waals surface area contributed by atoms with Crippen molar-refractivity contribution in [2.45, 2.75) is 0 Å². The lowest BCUT2D eigenvalue weighted by Gasteiger charge is -1.96. The molecule has 0 heterocycles. The maximum Gasteiger partial charge on any atom is 0.148 e. The Morgan fingerprint density at radius 3 is 2.17 bits per heavy atom. The normalized spacial score (nSPS) is 13.5. The van der Waals surface area contributed by atoms with Crippen LogP contribution in [0.5, 0.6) is 0 Å². The van der Waals surface area contributed by atoms with Gasteiger partial charge < -0.3 is 10.3 Å². The second-order valence-electron chi connectivity index (χ2n) is 0.554. The van der Waals surface area contributed by atoms with Crippen LogP contribution in [0.15, 0.2) is 0 Å². The van der Waals surface area contributed by atoms with Gasteiger partial charge in [-0.05, 0) is 0 Å². The zero-order valence-electron chi connectivity index (χ0n) is 2.71. The summed E-state index contributed by atoms with van der Waals surface area (Å²) < 4.78 is 18.4. The second-order valence-corrected chi connectivity index (χ2v) is 2.16. The van der Waals surface area contributed by atoms with Crippen LogP contribution in [-0.2, 0) is 11.1 Å². The third-order valence-corrected chi connectivity index (χ3v) is 0.901. The maximum atomic E-state index is 9.43. The van der Waals surface area contributed by atoms with E-state index >= 15 is 0 Å². The predicted octanol–water partition coefficient (Wildman–Crippen LogP) is -0.891. The van der Waals surface area contributed by atoms with E-state index in [1.165, 1.54) is 0 Å². The lowest BCUT2D eigenvalue weighted by Crippen LogP contribution is -2.13. The van der Waals surface area contributed by atoms with Crippen molar-refractivity contribution in [3.8, 4) is 0 Å². The van der Waals surface area contributed by atoms with Crippen LogP contribution in [0, 0.1) is 0 Å². The molecule has 36 valence electrons. The van der Waals surface area contributed by atoms with E-state index in [1.54, 1.807) is 0 Å². The third-order valence-electron chi connectivity index (χ3n) is 0.164. The minimum absolute atomic E-state index is 0.491. The highest BCUT2D eigenvalue weighted by molar-refractivity contribution is 8.09. The van der Waals surface area contributed by atoms with Crippen molar-refractivity contribution in [3.05, 3.63) is 0 Å².